The van der Waals surface area contributed by atoms with Crippen LogP contribution in [0.1, 0.15) is 5.56 Å². The Morgan fingerprint density at radius 3 is 2.64 bits per heavy atom. The normalized spacial score (nSPS) is 22.0. The molecule has 1 atom stereocenters. The molecule has 1 fully saturated rings. The minimum atomic E-state index is -0.575. The smallest absolute Gasteiger partial charge is 0.252 e. The number of allylic oxidation sites excluding steroid dienone is 1. The van der Waals surface area contributed by atoms with Gasteiger partial charge >= 0.3 is 0 Å². The molecule has 1 aromatic carbocycles. The minimum absolute atomic E-state index is 0.429. The highest BCUT2D eigenvalue weighted by atomic mass is 35.5. The molecule has 2 aliphatic heterocycles. The number of morpholine rings is 1. The number of primary amides is 1. The number of benzene rings is 1. The lowest BCUT2D eigenvalue weighted by atomic mass is 10.1. The summed E-state index contributed by atoms with van der Waals surface area (Å²) in [6.45, 7) is 2.93. The van der Waals surface area contributed by atoms with E-state index in [1.54, 1.807) is 6.21 Å². The highest BCUT2D eigenvalue weighted by molar-refractivity contribution is 8.04. The number of thioether (sulfide) groups is 1. The third-order valence-corrected chi connectivity index (χ3v) is 5.02. The van der Waals surface area contributed by atoms with E-state index in [0.29, 0.717) is 18.2 Å². The maximum absolute atomic E-state index is 11.5. The zero-order chi connectivity index (χ0) is 15.5. The van der Waals surface area contributed by atoms with E-state index >= 15 is 0 Å². The van der Waals surface area contributed by atoms with E-state index in [1.807, 2.05) is 24.3 Å². The van der Waals surface area contributed by atoms with Gasteiger partial charge in [-0.15, -0.1) is 0 Å². The molecule has 116 valence electrons. The minimum Gasteiger partial charge on any atom is -0.378 e. The number of nitrogens with two attached hydrogens (primary N) is 1. The second kappa shape index (κ2) is 6.73. The summed E-state index contributed by atoms with van der Waals surface area (Å²) in [6.07, 6.45) is 1.74. The van der Waals surface area contributed by atoms with Crippen LogP contribution in [0.3, 0.4) is 0 Å². The van der Waals surface area contributed by atoms with Crippen LogP contribution < -0.4 is 5.73 Å². The number of carbonyl (C=O) groups is 1. The highest BCUT2D eigenvalue weighted by Gasteiger charge is 2.27. The van der Waals surface area contributed by atoms with Crippen molar-refractivity contribution >= 4 is 41.1 Å². The van der Waals surface area contributed by atoms with Gasteiger partial charge in [-0.3, -0.25) is 9.79 Å². The van der Waals surface area contributed by atoms with Gasteiger partial charge in [0.1, 0.15) is 0 Å². The third kappa shape index (κ3) is 3.29. The molecule has 1 saturated heterocycles. The second-order valence-corrected chi connectivity index (χ2v) is 6.48. The van der Waals surface area contributed by atoms with Gasteiger partial charge in [-0.1, -0.05) is 35.5 Å². The van der Waals surface area contributed by atoms with Gasteiger partial charge in [-0.05, 0) is 17.7 Å². The van der Waals surface area contributed by atoms with Crippen LogP contribution in [0, 0.1) is 0 Å². The van der Waals surface area contributed by atoms with Gasteiger partial charge in [-0.25, -0.2) is 0 Å². The van der Waals surface area contributed by atoms with Gasteiger partial charge in [0.05, 0.1) is 18.2 Å². The van der Waals surface area contributed by atoms with E-state index in [-0.39, 0.29) is 0 Å². The molecule has 1 amide bonds. The maximum Gasteiger partial charge on any atom is 0.252 e. The second-order valence-electron chi connectivity index (χ2n) is 4.98. The summed E-state index contributed by atoms with van der Waals surface area (Å²) in [6, 6.07) is 7.60. The predicted molar refractivity (Wildman–Crippen MR) is 89.8 cm³/mol. The van der Waals surface area contributed by atoms with Crippen molar-refractivity contribution in [1.29, 1.82) is 0 Å². The van der Waals surface area contributed by atoms with E-state index in [0.717, 1.165) is 29.3 Å². The molecular formula is C15H16ClN3O2S. The molecule has 1 unspecified atom stereocenters. The molecule has 1 aromatic rings. The maximum atomic E-state index is 11.5. The molecule has 0 bridgehead atoms. The van der Waals surface area contributed by atoms with Crippen LogP contribution in [0.25, 0.3) is 5.57 Å². The molecule has 7 heteroatoms. The van der Waals surface area contributed by atoms with E-state index in [9.17, 15) is 4.79 Å². The number of nitrogens with zero attached hydrogens (tertiary/aromatic N) is 2. The average molecular weight is 338 g/mol. The van der Waals surface area contributed by atoms with Crippen LogP contribution in [-0.4, -0.2) is 48.7 Å². The van der Waals surface area contributed by atoms with Gasteiger partial charge < -0.3 is 15.4 Å². The fraction of sp³-hybridized carbons (Fsp3) is 0.333. The first-order chi connectivity index (χ1) is 10.6. The van der Waals surface area contributed by atoms with Gasteiger partial charge in [0.25, 0.3) is 5.91 Å². The molecule has 2 heterocycles. The van der Waals surface area contributed by atoms with Crippen molar-refractivity contribution in [3.8, 4) is 0 Å². The molecule has 22 heavy (non-hydrogen) atoms. The van der Waals surface area contributed by atoms with Crippen molar-refractivity contribution in [3.63, 3.8) is 0 Å². The van der Waals surface area contributed by atoms with Gasteiger partial charge in [-0.2, -0.15) is 0 Å². The molecular weight excluding hydrogens is 322 g/mol. The Hall–Kier alpha value is -1.50. The number of hydrogen-bond acceptors (Lipinski definition) is 5. The Labute approximate surface area is 138 Å². The molecule has 2 N–H and O–H groups in total. The first kappa shape index (κ1) is 15.4. The predicted octanol–water partition coefficient (Wildman–Crippen LogP) is 1.97. The van der Waals surface area contributed by atoms with E-state index in [4.69, 9.17) is 22.1 Å². The number of carbonyl (C=O) groups excluding carboxylic acids is 1. The van der Waals surface area contributed by atoms with Crippen molar-refractivity contribution in [3.05, 3.63) is 39.9 Å². The molecule has 3 rings (SSSR count). The van der Waals surface area contributed by atoms with Crippen LogP contribution in [0.15, 0.2) is 34.3 Å². The van der Waals surface area contributed by atoms with Crippen molar-refractivity contribution in [2.45, 2.75) is 5.37 Å². The number of aliphatic imine (C=N–C) groups is 1. The van der Waals surface area contributed by atoms with E-state index in [1.165, 1.54) is 11.8 Å². The topological polar surface area (TPSA) is 67.9 Å². The summed E-state index contributed by atoms with van der Waals surface area (Å²) in [5.74, 6) is -0.429. The first-order valence-electron chi connectivity index (χ1n) is 6.97. The van der Waals surface area contributed by atoms with E-state index in [2.05, 4.69) is 9.89 Å². The Morgan fingerprint density at radius 2 is 2.00 bits per heavy atom. The van der Waals surface area contributed by atoms with Crippen molar-refractivity contribution in [1.82, 2.24) is 4.90 Å². The first-order valence-corrected chi connectivity index (χ1v) is 8.23. The largest absolute Gasteiger partial charge is 0.378 e. The number of ether oxygens (including phenoxy) is 1. The summed E-state index contributed by atoms with van der Waals surface area (Å²) < 4.78 is 5.41. The molecule has 0 saturated carbocycles. The molecule has 0 radical (unpaired) electrons. The molecule has 2 aliphatic rings. The Morgan fingerprint density at radius 1 is 1.32 bits per heavy atom. The summed E-state index contributed by atoms with van der Waals surface area (Å²) in [7, 11) is 0. The molecule has 0 aromatic heterocycles. The number of hydrogen-bond donors (Lipinski definition) is 1. The van der Waals surface area contributed by atoms with Crippen LogP contribution in [-0.2, 0) is 9.53 Å². The summed E-state index contributed by atoms with van der Waals surface area (Å²) >= 11 is 7.36. The lowest BCUT2D eigenvalue weighted by Crippen LogP contribution is -2.37. The fourth-order valence-electron chi connectivity index (χ4n) is 2.37. The Bertz CT molecular complexity index is 624. The van der Waals surface area contributed by atoms with Gasteiger partial charge in [0, 0.05) is 29.9 Å². The lowest BCUT2D eigenvalue weighted by molar-refractivity contribution is -0.117. The number of rotatable bonds is 3. The monoisotopic (exact) mass is 337 g/mol. The van der Waals surface area contributed by atoms with E-state index < -0.39 is 11.3 Å². The zero-order valence-electron chi connectivity index (χ0n) is 11.9. The van der Waals surface area contributed by atoms with Crippen molar-refractivity contribution in [2.24, 2.45) is 10.7 Å². The van der Waals surface area contributed by atoms with Crippen molar-refractivity contribution in [2.75, 3.05) is 26.3 Å². The fourth-order valence-corrected chi connectivity index (χ4v) is 3.57. The van der Waals surface area contributed by atoms with Crippen LogP contribution in [0.4, 0.5) is 0 Å². The number of halogens is 1. The van der Waals surface area contributed by atoms with Gasteiger partial charge in [0.15, 0.2) is 5.37 Å². The summed E-state index contributed by atoms with van der Waals surface area (Å²) in [4.78, 5) is 18.0. The summed E-state index contributed by atoms with van der Waals surface area (Å²) in [5.41, 5.74) is 7.41. The van der Waals surface area contributed by atoms with Crippen LogP contribution in [0.5, 0.6) is 0 Å². The SMILES string of the molecule is NC(=O)C1N=CC(c2ccc(Cl)cc2)=C(N2CCOCC2)S1. The number of amides is 1. The Kier molecular flexibility index (Phi) is 4.71. The summed E-state index contributed by atoms with van der Waals surface area (Å²) in [5, 5.41) is 1.13. The van der Waals surface area contributed by atoms with Crippen LogP contribution >= 0.6 is 23.4 Å². The average Bonchev–Trinajstić information content (AvgIpc) is 2.56. The zero-order valence-corrected chi connectivity index (χ0v) is 13.4. The van der Waals surface area contributed by atoms with Crippen molar-refractivity contribution < 1.29 is 9.53 Å². The standard InChI is InChI=1S/C15H16ClN3O2S/c16-11-3-1-10(2-4-11)12-9-18-14(13(17)20)22-15(12)19-5-7-21-8-6-19/h1-4,9,14H,5-8H2,(H2,17,20). The van der Waals surface area contributed by atoms with Crippen LogP contribution in [0.2, 0.25) is 5.02 Å². The quantitative estimate of drug-likeness (QED) is 0.915. The highest BCUT2D eigenvalue weighted by Crippen LogP contribution is 2.36. The molecule has 0 spiro atoms. The third-order valence-electron chi connectivity index (χ3n) is 3.49. The molecule has 0 aliphatic carbocycles. The molecule has 5 nitrogen and oxygen atoms in total. The Balaban J connectivity index is 1.98. The lowest BCUT2D eigenvalue weighted by Gasteiger charge is -2.34. The van der Waals surface area contributed by atoms with Gasteiger partial charge in [0.2, 0.25) is 0 Å².